The minimum Gasteiger partial charge on any atom is -0.382 e. The summed E-state index contributed by atoms with van der Waals surface area (Å²) in [6, 6.07) is 3.77. The first kappa shape index (κ1) is 21.0. The minimum atomic E-state index is -2.73. The molecule has 0 unspecified atom stereocenters. The first-order valence-corrected chi connectivity index (χ1v) is 11.7. The molecule has 0 bridgehead atoms. The normalized spacial score (nSPS) is 13.7. The zero-order chi connectivity index (χ0) is 21.2. The van der Waals surface area contributed by atoms with Gasteiger partial charge in [-0.25, -0.2) is 19.7 Å². The molecule has 11 heteroatoms. The topological polar surface area (TPSA) is 135 Å². The third-order valence-corrected chi connectivity index (χ3v) is 6.95. The quantitative estimate of drug-likeness (QED) is 0.456. The van der Waals surface area contributed by atoms with Gasteiger partial charge in [-0.05, 0) is 32.4 Å². The smallest absolute Gasteiger partial charge is 0.328 e. The summed E-state index contributed by atoms with van der Waals surface area (Å²) < 4.78 is 14.2. The van der Waals surface area contributed by atoms with Gasteiger partial charge >= 0.3 is 5.69 Å². The van der Waals surface area contributed by atoms with E-state index in [-0.39, 0.29) is 23.6 Å². The highest BCUT2D eigenvalue weighted by Crippen LogP contribution is 2.38. The van der Waals surface area contributed by atoms with E-state index in [1.807, 2.05) is 33.2 Å². The van der Waals surface area contributed by atoms with Crippen LogP contribution in [0.4, 0.5) is 11.6 Å². The molecule has 0 saturated carbocycles. The molecule has 3 aromatic rings. The fourth-order valence-electron chi connectivity index (χ4n) is 2.75. The standard InChI is InChI=1S/C18H27N8O2P/c1-5-29(4,28)17-23-15(19)14-16(24-17)26(18(27)22-14)11-12-6-7-13(21-10-12)20-8-9-25(2)3/h6-7,10H,5,8-9,11H2,1-4H3,(H,20,21)(H,22,27)(H2,19,23,24)/t29-/m0/s1. The molecule has 3 heterocycles. The van der Waals surface area contributed by atoms with Crippen LogP contribution in [0.2, 0.25) is 0 Å². The van der Waals surface area contributed by atoms with Crippen LogP contribution in [-0.4, -0.2) is 69.4 Å². The number of imidazole rings is 1. The van der Waals surface area contributed by atoms with E-state index >= 15 is 0 Å². The summed E-state index contributed by atoms with van der Waals surface area (Å²) in [5, 5.41) is 3.25. The molecular weight excluding hydrogens is 391 g/mol. The summed E-state index contributed by atoms with van der Waals surface area (Å²) in [7, 11) is 1.29. The number of anilines is 2. The molecule has 0 radical (unpaired) electrons. The van der Waals surface area contributed by atoms with Gasteiger partial charge in [0.25, 0.3) is 0 Å². The van der Waals surface area contributed by atoms with Crippen molar-refractivity contribution in [2.75, 3.05) is 51.1 Å². The Morgan fingerprint density at radius 2 is 2.07 bits per heavy atom. The van der Waals surface area contributed by atoms with Gasteiger partial charge in [0.15, 0.2) is 17.0 Å². The number of nitrogen functional groups attached to an aromatic ring is 1. The van der Waals surface area contributed by atoms with Gasteiger partial charge in [0.1, 0.15) is 18.5 Å². The molecule has 3 aromatic heterocycles. The number of H-pyrrole nitrogens is 1. The number of hydrogen-bond donors (Lipinski definition) is 3. The van der Waals surface area contributed by atoms with E-state index in [9.17, 15) is 9.36 Å². The number of aromatic amines is 1. The van der Waals surface area contributed by atoms with Gasteiger partial charge in [-0.1, -0.05) is 13.0 Å². The average molecular weight is 418 g/mol. The highest BCUT2D eigenvalue weighted by Gasteiger charge is 2.23. The molecule has 156 valence electrons. The molecule has 0 fully saturated rings. The number of pyridine rings is 1. The summed E-state index contributed by atoms with van der Waals surface area (Å²) in [6.07, 6.45) is 2.13. The maximum atomic E-state index is 12.7. The number of fused-ring (bicyclic) bond motifs is 1. The molecular formula is C18H27N8O2P. The van der Waals surface area contributed by atoms with Gasteiger partial charge in [0, 0.05) is 25.4 Å². The van der Waals surface area contributed by atoms with Crippen molar-refractivity contribution in [1.29, 1.82) is 0 Å². The number of likely N-dealkylation sites (N-methyl/N-ethyl adjacent to an activating group) is 1. The number of hydrogen-bond acceptors (Lipinski definition) is 8. The molecule has 0 aliphatic rings. The zero-order valence-electron chi connectivity index (χ0n) is 17.1. The van der Waals surface area contributed by atoms with Crippen LogP contribution in [-0.2, 0) is 11.1 Å². The molecule has 0 aliphatic carbocycles. The zero-order valence-corrected chi connectivity index (χ0v) is 18.0. The highest BCUT2D eigenvalue weighted by atomic mass is 31.2. The number of nitrogens with one attached hydrogen (secondary N) is 2. The number of nitrogens with zero attached hydrogens (tertiary/aromatic N) is 5. The lowest BCUT2D eigenvalue weighted by atomic mass is 10.3. The van der Waals surface area contributed by atoms with Gasteiger partial charge in [0.2, 0.25) is 0 Å². The second-order valence-corrected chi connectivity index (χ2v) is 10.6. The Kier molecular flexibility index (Phi) is 6.04. The van der Waals surface area contributed by atoms with Crippen LogP contribution in [0.3, 0.4) is 0 Å². The number of rotatable bonds is 8. The predicted molar refractivity (Wildman–Crippen MR) is 117 cm³/mol. The molecule has 3 rings (SSSR count). The summed E-state index contributed by atoms with van der Waals surface area (Å²) in [5.74, 6) is 0.889. The number of aromatic nitrogens is 5. The van der Waals surface area contributed by atoms with Gasteiger partial charge in [-0.15, -0.1) is 0 Å². The van der Waals surface area contributed by atoms with Crippen LogP contribution < -0.4 is 22.3 Å². The van der Waals surface area contributed by atoms with Gasteiger partial charge < -0.3 is 25.5 Å². The van der Waals surface area contributed by atoms with Crippen LogP contribution in [0.25, 0.3) is 11.2 Å². The van der Waals surface area contributed by atoms with E-state index in [1.54, 1.807) is 12.9 Å². The van der Waals surface area contributed by atoms with Crippen molar-refractivity contribution in [2.24, 2.45) is 0 Å². The molecule has 10 nitrogen and oxygen atoms in total. The molecule has 0 aromatic carbocycles. The van der Waals surface area contributed by atoms with Crippen LogP contribution in [0.15, 0.2) is 23.1 Å². The third-order valence-electron chi connectivity index (χ3n) is 4.70. The maximum Gasteiger partial charge on any atom is 0.328 e. The van der Waals surface area contributed by atoms with Crippen molar-refractivity contribution in [3.8, 4) is 0 Å². The van der Waals surface area contributed by atoms with Crippen LogP contribution in [0, 0.1) is 0 Å². The molecule has 0 spiro atoms. The summed E-state index contributed by atoms with van der Waals surface area (Å²) in [4.78, 5) is 30.2. The minimum absolute atomic E-state index is 0.120. The van der Waals surface area contributed by atoms with Crippen molar-refractivity contribution >= 4 is 35.5 Å². The Morgan fingerprint density at radius 3 is 2.69 bits per heavy atom. The van der Waals surface area contributed by atoms with Crippen LogP contribution >= 0.6 is 7.14 Å². The Morgan fingerprint density at radius 1 is 1.31 bits per heavy atom. The summed E-state index contributed by atoms with van der Waals surface area (Å²) in [6.45, 7) is 5.38. The van der Waals surface area contributed by atoms with Crippen LogP contribution in [0.5, 0.6) is 0 Å². The van der Waals surface area contributed by atoms with E-state index in [0.717, 1.165) is 24.5 Å². The SMILES string of the molecule is CC[P@](C)(=O)c1nc(N)c2[nH]c(=O)n(Cc3ccc(NCCN(C)C)nc3)c2n1. The fourth-order valence-corrected chi connectivity index (χ4v) is 3.66. The van der Waals surface area contributed by atoms with E-state index in [2.05, 4.69) is 30.2 Å². The lowest BCUT2D eigenvalue weighted by molar-refractivity contribution is 0.425. The first-order chi connectivity index (χ1) is 13.7. The summed E-state index contributed by atoms with van der Waals surface area (Å²) in [5.41, 5.74) is 7.36. The third kappa shape index (κ3) is 4.65. The Labute approximate surface area is 168 Å². The Hall–Kier alpha value is -2.71. The molecule has 0 aliphatic heterocycles. The van der Waals surface area contributed by atoms with E-state index in [0.29, 0.717) is 17.3 Å². The van der Waals surface area contributed by atoms with Gasteiger partial charge in [0.05, 0.1) is 6.54 Å². The average Bonchev–Trinajstić information content (AvgIpc) is 2.99. The fraction of sp³-hybridized carbons (Fsp3) is 0.444. The molecule has 1 atom stereocenters. The van der Waals surface area contributed by atoms with Crippen molar-refractivity contribution in [2.45, 2.75) is 13.5 Å². The highest BCUT2D eigenvalue weighted by molar-refractivity contribution is 7.70. The Bertz CT molecular complexity index is 1100. The second kappa shape index (κ2) is 8.34. The lowest BCUT2D eigenvalue weighted by Crippen LogP contribution is -2.21. The van der Waals surface area contributed by atoms with Gasteiger partial charge in [-0.2, -0.15) is 0 Å². The van der Waals surface area contributed by atoms with Crippen molar-refractivity contribution in [3.05, 3.63) is 34.4 Å². The Balaban J connectivity index is 1.89. The number of nitrogens with two attached hydrogens (primary N) is 1. The predicted octanol–water partition coefficient (Wildman–Crippen LogP) is 0.757. The largest absolute Gasteiger partial charge is 0.382 e. The van der Waals surface area contributed by atoms with Crippen LogP contribution in [0.1, 0.15) is 12.5 Å². The second-order valence-electron chi connectivity index (χ2n) is 7.32. The van der Waals surface area contributed by atoms with E-state index in [1.165, 1.54) is 4.57 Å². The molecule has 0 saturated heterocycles. The molecule has 29 heavy (non-hydrogen) atoms. The van der Waals surface area contributed by atoms with Crippen molar-refractivity contribution in [3.63, 3.8) is 0 Å². The summed E-state index contributed by atoms with van der Waals surface area (Å²) >= 11 is 0. The molecule has 4 N–H and O–H groups in total. The van der Waals surface area contributed by atoms with Crippen molar-refractivity contribution in [1.82, 2.24) is 29.4 Å². The first-order valence-electron chi connectivity index (χ1n) is 9.38. The monoisotopic (exact) mass is 418 g/mol. The van der Waals surface area contributed by atoms with E-state index < -0.39 is 7.14 Å². The van der Waals surface area contributed by atoms with E-state index in [4.69, 9.17) is 5.73 Å². The van der Waals surface area contributed by atoms with Crippen molar-refractivity contribution < 1.29 is 4.57 Å². The maximum absolute atomic E-state index is 12.7. The van der Waals surface area contributed by atoms with Gasteiger partial charge in [-0.3, -0.25) is 4.57 Å². The molecule has 0 amide bonds. The lowest BCUT2D eigenvalue weighted by Gasteiger charge is -2.11.